The number of hydrogen-bond acceptors (Lipinski definition) is 0. The standard InChI is InChI=1S/C31H32/c1-6-19(2)14-23-15-20(3)30(21(4)16-23)24-17-22(5)31-28-11-8-7-10-26(28)25-12-9-13-27(25)29(31)18-24/h7-13,15-19,27H,6,14H2,1-5H3. The molecule has 31 heavy (non-hydrogen) atoms. The molecule has 0 spiro atoms. The van der Waals surface area contributed by atoms with Crippen LogP contribution in [0.5, 0.6) is 0 Å². The zero-order valence-corrected chi connectivity index (χ0v) is 19.4. The summed E-state index contributed by atoms with van der Waals surface area (Å²) in [6.45, 7) is 11.5. The second kappa shape index (κ2) is 7.68. The molecule has 2 unspecified atom stereocenters. The SMILES string of the molecule is CCC(C)Cc1cc(C)c(-c2cc(C)c3c(c2)C2C=CC=C2c2ccccc2-3)c(C)c1. The Bertz CT molecular complexity index is 1210. The van der Waals surface area contributed by atoms with E-state index in [1.54, 1.807) is 0 Å². The van der Waals surface area contributed by atoms with Crippen LogP contribution >= 0.6 is 0 Å². The molecule has 5 rings (SSSR count). The van der Waals surface area contributed by atoms with Crippen LogP contribution in [0.3, 0.4) is 0 Å². The van der Waals surface area contributed by atoms with Crippen molar-refractivity contribution >= 4 is 5.57 Å². The zero-order chi connectivity index (χ0) is 21.7. The fraction of sp³-hybridized carbons (Fsp3) is 0.290. The molecule has 2 aliphatic carbocycles. The van der Waals surface area contributed by atoms with Gasteiger partial charge in [0.15, 0.2) is 0 Å². The molecule has 0 heteroatoms. The van der Waals surface area contributed by atoms with E-state index in [1.165, 1.54) is 74.0 Å². The molecule has 0 amide bonds. The van der Waals surface area contributed by atoms with Gasteiger partial charge < -0.3 is 0 Å². The Morgan fingerprint density at radius 3 is 2.23 bits per heavy atom. The van der Waals surface area contributed by atoms with Crippen LogP contribution in [0.15, 0.2) is 66.8 Å². The predicted molar refractivity (Wildman–Crippen MR) is 135 cm³/mol. The van der Waals surface area contributed by atoms with Crippen LogP contribution in [0, 0.1) is 26.7 Å². The summed E-state index contributed by atoms with van der Waals surface area (Å²) >= 11 is 0. The third-order valence-electron chi connectivity index (χ3n) is 7.29. The third-order valence-corrected chi connectivity index (χ3v) is 7.29. The van der Waals surface area contributed by atoms with Gasteiger partial charge in [-0.25, -0.2) is 0 Å². The molecule has 0 aromatic heterocycles. The van der Waals surface area contributed by atoms with Gasteiger partial charge in [0.25, 0.3) is 0 Å². The Balaban J connectivity index is 1.67. The Labute approximate surface area is 187 Å². The fourth-order valence-corrected chi connectivity index (χ4v) is 5.70. The second-order valence-electron chi connectivity index (χ2n) is 9.61. The molecule has 0 fully saturated rings. The van der Waals surface area contributed by atoms with Crippen molar-refractivity contribution in [2.75, 3.05) is 0 Å². The Morgan fingerprint density at radius 2 is 1.52 bits per heavy atom. The average Bonchev–Trinajstić information content (AvgIpc) is 3.23. The van der Waals surface area contributed by atoms with Crippen LogP contribution in [0.1, 0.15) is 59.6 Å². The number of benzene rings is 3. The van der Waals surface area contributed by atoms with E-state index in [0.717, 1.165) is 5.92 Å². The number of allylic oxidation sites excluding steroid dienone is 4. The van der Waals surface area contributed by atoms with Crippen LogP contribution in [-0.2, 0) is 6.42 Å². The van der Waals surface area contributed by atoms with Crippen molar-refractivity contribution in [3.8, 4) is 22.3 Å². The smallest absolute Gasteiger partial charge is 0.0285 e. The van der Waals surface area contributed by atoms with E-state index in [0.29, 0.717) is 5.92 Å². The van der Waals surface area contributed by atoms with E-state index in [1.807, 2.05) is 0 Å². The lowest BCUT2D eigenvalue weighted by molar-refractivity contribution is 0.560. The van der Waals surface area contributed by atoms with Gasteiger partial charge >= 0.3 is 0 Å². The first-order valence-electron chi connectivity index (χ1n) is 11.7. The Kier molecular flexibility index (Phi) is 4.97. The monoisotopic (exact) mass is 404 g/mol. The van der Waals surface area contributed by atoms with E-state index in [-0.39, 0.29) is 0 Å². The van der Waals surface area contributed by atoms with Crippen LogP contribution < -0.4 is 0 Å². The topological polar surface area (TPSA) is 0 Å². The lowest BCUT2D eigenvalue weighted by Gasteiger charge is -2.29. The molecule has 0 aliphatic heterocycles. The van der Waals surface area contributed by atoms with E-state index in [9.17, 15) is 0 Å². The van der Waals surface area contributed by atoms with Crippen molar-refractivity contribution in [1.82, 2.24) is 0 Å². The molecular weight excluding hydrogens is 372 g/mol. The van der Waals surface area contributed by atoms with E-state index in [2.05, 4.69) is 101 Å². The van der Waals surface area contributed by atoms with Crippen molar-refractivity contribution in [1.29, 1.82) is 0 Å². The molecule has 0 bridgehead atoms. The van der Waals surface area contributed by atoms with Crippen molar-refractivity contribution in [3.05, 3.63) is 100 Å². The maximum atomic E-state index is 2.47. The molecule has 3 aromatic rings. The molecule has 156 valence electrons. The molecule has 0 radical (unpaired) electrons. The fourth-order valence-electron chi connectivity index (χ4n) is 5.70. The highest BCUT2D eigenvalue weighted by Crippen LogP contribution is 2.51. The van der Waals surface area contributed by atoms with Gasteiger partial charge in [-0.15, -0.1) is 0 Å². The van der Waals surface area contributed by atoms with E-state index < -0.39 is 0 Å². The number of rotatable bonds is 4. The highest BCUT2D eigenvalue weighted by atomic mass is 14.3. The Morgan fingerprint density at radius 1 is 0.839 bits per heavy atom. The summed E-state index contributed by atoms with van der Waals surface area (Å²) in [5.74, 6) is 1.10. The van der Waals surface area contributed by atoms with Gasteiger partial charge in [0.05, 0.1) is 0 Å². The Hall–Kier alpha value is -2.86. The lowest BCUT2D eigenvalue weighted by Crippen LogP contribution is -2.09. The van der Waals surface area contributed by atoms with Crippen LogP contribution in [-0.4, -0.2) is 0 Å². The zero-order valence-electron chi connectivity index (χ0n) is 19.4. The molecule has 0 saturated heterocycles. The van der Waals surface area contributed by atoms with Crippen molar-refractivity contribution in [2.24, 2.45) is 5.92 Å². The van der Waals surface area contributed by atoms with Gasteiger partial charge in [0.2, 0.25) is 0 Å². The van der Waals surface area contributed by atoms with Crippen molar-refractivity contribution in [3.63, 3.8) is 0 Å². The summed E-state index contributed by atoms with van der Waals surface area (Å²) in [5.41, 5.74) is 15.5. The molecule has 3 aromatic carbocycles. The summed E-state index contributed by atoms with van der Waals surface area (Å²) in [5, 5.41) is 0. The van der Waals surface area contributed by atoms with Gasteiger partial charge in [-0.2, -0.15) is 0 Å². The summed E-state index contributed by atoms with van der Waals surface area (Å²) in [4.78, 5) is 0. The minimum absolute atomic E-state index is 0.369. The molecule has 0 saturated carbocycles. The maximum absolute atomic E-state index is 2.47. The minimum atomic E-state index is 0.369. The summed E-state index contributed by atoms with van der Waals surface area (Å²) in [7, 11) is 0. The predicted octanol–water partition coefficient (Wildman–Crippen LogP) is 8.58. The van der Waals surface area contributed by atoms with Crippen LogP contribution in [0.4, 0.5) is 0 Å². The van der Waals surface area contributed by atoms with E-state index >= 15 is 0 Å². The van der Waals surface area contributed by atoms with E-state index in [4.69, 9.17) is 0 Å². The molecule has 0 nitrogen and oxygen atoms in total. The van der Waals surface area contributed by atoms with Gasteiger partial charge in [0, 0.05) is 5.92 Å². The number of hydrogen-bond donors (Lipinski definition) is 0. The molecule has 2 aliphatic rings. The summed E-state index contributed by atoms with van der Waals surface area (Å²) < 4.78 is 0. The van der Waals surface area contributed by atoms with Crippen molar-refractivity contribution < 1.29 is 0 Å². The number of fused-ring (bicyclic) bond motifs is 6. The molecule has 2 atom stereocenters. The minimum Gasteiger partial charge on any atom is -0.0726 e. The maximum Gasteiger partial charge on any atom is 0.0285 e. The second-order valence-corrected chi connectivity index (χ2v) is 9.61. The molecule has 0 N–H and O–H groups in total. The van der Waals surface area contributed by atoms with Crippen LogP contribution in [0.25, 0.3) is 27.8 Å². The first-order valence-corrected chi connectivity index (χ1v) is 11.7. The largest absolute Gasteiger partial charge is 0.0726 e. The van der Waals surface area contributed by atoms with Crippen LogP contribution in [0.2, 0.25) is 0 Å². The first kappa shape index (κ1) is 20.1. The highest BCUT2D eigenvalue weighted by molar-refractivity contribution is 5.96. The van der Waals surface area contributed by atoms with Gasteiger partial charge in [-0.1, -0.05) is 81.0 Å². The molecular formula is C31H32. The number of aryl methyl sites for hydroxylation is 3. The quantitative estimate of drug-likeness (QED) is 0.408. The average molecular weight is 405 g/mol. The van der Waals surface area contributed by atoms with Gasteiger partial charge in [0.1, 0.15) is 0 Å². The third kappa shape index (κ3) is 3.30. The normalized spacial score (nSPS) is 17.1. The summed E-state index contributed by atoms with van der Waals surface area (Å²) in [6.07, 6.45) is 9.29. The van der Waals surface area contributed by atoms with Gasteiger partial charge in [-0.05, 0) is 100 Å². The summed E-state index contributed by atoms with van der Waals surface area (Å²) in [6, 6.07) is 18.6. The van der Waals surface area contributed by atoms with Crippen molar-refractivity contribution in [2.45, 2.75) is 53.4 Å². The first-order chi connectivity index (χ1) is 15.0. The lowest BCUT2D eigenvalue weighted by atomic mass is 9.74. The molecule has 0 heterocycles. The highest BCUT2D eigenvalue weighted by Gasteiger charge is 2.30. The van der Waals surface area contributed by atoms with Gasteiger partial charge in [-0.3, -0.25) is 0 Å².